The molecule has 1 saturated heterocycles. The normalized spacial score (nSPS) is 24.5. The Morgan fingerprint density at radius 1 is 1.29 bits per heavy atom. The first-order valence-corrected chi connectivity index (χ1v) is 5.61. The Kier molecular flexibility index (Phi) is 2.98. The molecule has 1 atom stereocenters. The number of aliphatic hydroxyl groups excluding tert-OH is 1. The minimum Gasteiger partial charge on any atom is -0.395 e. The molecule has 1 aliphatic rings. The van der Waals surface area contributed by atoms with Gasteiger partial charge in [0, 0.05) is 6.42 Å². The van der Waals surface area contributed by atoms with Gasteiger partial charge in [0.15, 0.2) is 0 Å². The van der Waals surface area contributed by atoms with E-state index in [1.54, 1.807) is 6.92 Å². The summed E-state index contributed by atoms with van der Waals surface area (Å²) in [6, 6.07) is 9.29. The van der Waals surface area contributed by atoms with Gasteiger partial charge in [-0.25, -0.2) is 0 Å². The van der Waals surface area contributed by atoms with Crippen LogP contribution >= 0.6 is 0 Å². The number of imide groups is 1. The lowest BCUT2D eigenvalue weighted by molar-refractivity contribution is -0.140. The van der Waals surface area contributed by atoms with E-state index in [4.69, 9.17) is 5.11 Å². The van der Waals surface area contributed by atoms with E-state index < -0.39 is 5.41 Å². The molecule has 2 rings (SSSR count). The van der Waals surface area contributed by atoms with Crippen LogP contribution in [-0.4, -0.2) is 35.0 Å². The molecular formula is C13H15NO3. The number of benzene rings is 1. The van der Waals surface area contributed by atoms with Gasteiger partial charge in [0.25, 0.3) is 0 Å². The molecule has 0 bridgehead atoms. The van der Waals surface area contributed by atoms with E-state index in [-0.39, 0.29) is 31.4 Å². The highest BCUT2D eigenvalue weighted by molar-refractivity contribution is 6.08. The summed E-state index contributed by atoms with van der Waals surface area (Å²) in [6.07, 6.45) is 0.176. The predicted molar refractivity (Wildman–Crippen MR) is 62.2 cm³/mol. The number of aliphatic hydroxyl groups is 1. The molecule has 0 spiro atoms. The minimum absolute atomic E-state index is 0.0834. The first-order valence-electron chi connectivity index (χ1n) is 5.61. The maximum atomic E-state index is 12.2. The molecule has 1 fully saturated rings. The van der Waals surface area contributed by atoms with Crippen molar-refractivity contribution in [3.05, 3.63) is 35.9 Å². The fraction of sp³-hybridized carbons (Fsp3) is 0.385. The number of carbonyl (C=O) groups is 2. The number of amides is 2. The van der Waals surface area contributed by atoms with Gasteiger partial charge in [-0.15, -0.1) is 0 Å². The Morgan fingerprint density at radius 3 is 2.53 bits per heavy atom. The summed E-state index contributed by atoms with van der Waals surface area (Å²) in [5.74, 6) is -0.432. The lowest BCUT2D eigenvalue weighted by Crippen LogP contribution is -2.38. The fourth-order valence-corrected chi connectivity index (χ4v) is 2.24. The smallest absolute Gasteiger partial charge is 0.240 e. The summed E-state index contributed by atoms with van der Waals surface area (Å²) < 4.78 is 0. The number of hydrogen-bond acceptors (Lipinski definition) is 3. The van der Waals surface area contributed by atoms with Crippen LogP contribution in [0.15, 0.2) is 30.3 Å². The molecule has 0 radical (unpaired) electrons. The van der Waals surface area contributed by atoms with Crippen LogP contribution < -0.4 is 0 Å². The number of carbonyl (C=O) groups excluding carboxylic acids is 2. The fourth-order valence-electron chi connectivity index (χ4n) is 2.24. The summed E-state index contributed by atoms with van der Waals surface area (Å²) in [5, 5.41) is 8.86. The standard InChI is InChI=1S/C13H15NO3/c1-13(10-5-3-2-4-6-10)9-11(16)14(7-8-15)12(13)17/h2-6,15H,7-9H2,1H3. The van der Waals surface area contributed by atoms with Gasteiger partial charge in [0.05, 0.1) is 18.6 Å². The zero-order valence-electron chi connectivity index (χ0n) is 9.72. The predicted octanol–water partition coefficient (Wildman–Crippen LogP) is 0.696. The second-order valence-corrected chi connectivity index (χ2v) is 4.45. The summed E-state index contributed by atoms with van der Waals surface area (Å²) in [7, 11) is 0. The average molecular weight is 233 g/mol. The molecule has 1 unspecified atom stereocenters. The molecule has 1 aromatic carbocycles. The largest absolute Gasteiger partial charge is 0.395 e. The molecule has 4 heteroatoms. The van der Waals surface area contributed by atoms with Gasteiger partial charge in [0.2, 0.25) is 11.8 Å². The molecule has 0 aromatic heterocycles. The van der Waals surface area contributed by atoms with Crippen molar-refractivity contribution in [1.29, 1.82) is 0 Å². The van der Waals surface area contributed by atoms with Crippen LogP contribution in [0.25, 0.3) is 0 Å². The molecule has 2 amide bonds. The third-order valence-electron chi connectivity index (χ3n) is 3.26. The van der Waals surface area contributed by atoms with Gasteiger partial charge >= 0.3 is 0 Å². The van der Waals surface area contributed by atoms with Gasteiger partial charge in [0.1, 0.15) is 0 Å². The SMILES string of the molecule is CC1(c2ccccc2)CC(=O)N(CCO)C1=O. The molecule has 17 heavy (non-hydrogen) atoms. The van der Waals surface area contributed by atoms with Crippen molar-refractivity contribution in [2.24, 2.45) is 0 Å². The Bertz CT molecular complexity index is 443. The van der Waals surface area contributed by atoms with E-state index >= 15 is 0 Å². The lowest BCUT2D eigenvalue weighted by atomic mass is 9.81. The van der Waals surface area contributed by atoms with Crippen molar-refractivity contribution in [2.75, 3.05) is 13.2 Å². The van der Waals surface area contributed by atoms with Crippen LogP contribution in [0.2, 0.25) is 0 Å². The van der Waals surface area contributed by atoms with E-state index in [1.807, 2.05) is 30.3 Å². The molecule has 1 aliphatic heterocycles. The highest BCUT2D eigenvalue weighted by Gasteiger charge is 2.48. The highest BCUT2D eigenvalue weighted by atomic mass is 16.3. The van der Waals surface area contributed by atoms with E-state index in [2.05, 4.69) is 0 Å². The van der Waals surface area contributed by atoms with Crippen LogP contribution in [0.4, 0.5) is 0 Å². The minimum atomic E-state index is -0.784. The molecule has 1 N–H and O–H groups in total. The first kappa shape index (κ1) is 11.8. The molecule has 0 aliphatic carbocycles. The zero-order chi connectivity index (χ0) is 12.5. The number of rotatable bonds is 3. The first-order chi connectivity index (χ1) is 8.09. The molecular weight excluding hydrogens is 218 g/mol. The summed E-state index contributed by atoms with van der Waals surface area (Å²) in [5.41, 5.74) is 0.0619. The van der Waals surface area contributed by atoms with Crippen LogP contribution in [0.1, 0.15) is 18.9 Å². The molecule has 4 nitrogen and oxygen atoms in total. The lowest BCUT2D eigenvalue weighted by Gasteiger charge is -2.22. The van der Waals surface area contributed by atoms with Gasteiger partial charge < -0.3 is 5.11 Å². The van der Waals surface area contributed by atoms with Gasteiger partial charge in [-0.1, -0.05) is 30.3 Å². The Morgan fingerprint density at radius 2 is 1.94 bits per heavy atom. The zero-order valence-corrected chi connectivity index (χ0v) is 9.72. The molecule has 90 valence electrons. The van der Waals surface area contributed by atoms with Crippen molar-refractivity contribution in [3.8, 4) is 0 Å². The van der Waals surface area contributed by atoms with Crippen molar-refractivity contribution < 1.29 is 14.7 Å². The number of hydrogen-bond donors (Lipinski definition) is 1. The van der Waals surface area contributed by atoms with E-state index in [9.17, 15) is 9.59 Å². The quantitative estimate of drug-likeness (QED) is 0.782. The highest BCUT2D eigenvalue weighted by Crippen LogP contribution is 2.35. The maximum Gasteiger partial charge on any atom is 0.240 e. The third kappa shape index (κ3) is 1.85. The summed E-state index contributed by atoms with van der Waals surface area (Å²) in [6.45, 7) is 1.67. The van der Waals surface area contributed by atoms with Crippen molar-refractivity contribution in [2.45, 2.75) is 18.8 Å². The maximum absolute atomic E-state index is 12.2. The second kappa shape index (κ2) is 4.30. The van der Waals surface area contributed by atoms with Crippen LogP contribution in [0, 0.1) is 0 Å². The number of β-amino-alcohol motifs (C(OH)–C–C–N with tert-alkyl or cyclic N) is 1. The van der Waals surface area contributed by atoms with E-state index in [0.29, 0.717) is 0 Å². The second-order valence-electron chi connectivity index (χ2n) is 4.45. The molecule has 0 saturated carbocycles. The van der Waals surface area contributed by atoms with Crippen molar-refractivity contribution in [1.82, 2.24) is 4.90 Å². The van der Waals surface area contributed by atoms with Gasteiger partial charge in [-0.3, -0.25) is 14.5 Å². The van der Waals surface area contributed by atoms with E-state index in [1.165, 1.54) is 0 Å². The van der Waals surface area contributed by atoms with Crippen LogP contribution in [0.5, 0.6) is 0 Å². The Labute approximate surface area is 99.9 Å². The van der Waals surface area contributed by atoms with Crippen LogP contribution in [0.3, 0.4) is 0 Å². The Balaban J connectivity index is 2.35. The third-order valence-corrected chi connectivity index (χ3v) is 3.26. The molecule has 1 aromatic rings. The number of nitrogens with zero attached hydrogens (tertiary/aromatic N) is 1. The van der Waals surface area contributed by atoms with Crippen LogP contribution in [-0.2, 0) is 15.0 Å². The van der Waals surface area contributed by atoms with E-state index in [0.717, 1.165) is 10.5 Å². The average Bonchev–Trinajstić information content (AvgIpc) is 2.56. The van der Waals surface area contributed by atoms with Gasteiger partial charge in [-0.2, -0.15) is 0 Å². The summed E-state index contributed by atoms with van der Waals surface area (Å²) in [4.78, 5) is 25.1. The van der Waals surface area contributed by atoms with Crippen molar-refractivity contribution in [3.63, 3.8) is 0 Å². The van der Waals surface area contributed by atoms with Crippen molar-refractivity contribution >= 4 is 11.8 Å². The monoisotopic (exact) mass is 233 g/mol. The topological polar surface area (TPSA) is 57.6 Å². The van der Waals surface area contributed by atoms with Gasteiger partial charge in [-0.05, 0) is 12.5 Å². The number of likely N-dealkylation sites (tertiary alicyclic amines) is 1. The Hall–Kier alpha value is -1.68. The molecule has 1 heterocycles. The summed E-state index contributed by atoms with van der Waals surface area (Å²) >= 11 is 0.